The molecule has 0 aromatic heterocycles. The summed E-state index contributed by atoms with van der Waals surface area (Å²) in [4.78, 5) is 12.6. The van der Waals surface area contributed by atoms with Crippen molar-refractivity contribution in [2.75, 3.05) is 6.54 Å². The highest BCUT2D eigenvalue weighted by atomic mass is 16.3. The number of amides is 1. The van der Waals surface area contributed by atoms with Gasteiger partial charge in [0.2, 0.25) is 0 Å². The molecule has 1 fully saturated rings. The van der Waals surface area contributed by atoms with Crippen LogP contribution in [0.4, 0.5) is 0 Å². The number of hydrogen-bond acceptors (Lipinski definition) is 2. The van der Waals surface area contributed by atoms with E-state index in [-0.39, 0.29) is 17.2 Å². The monoisotopic (exact) mass is 343 g/mol. The lowest BCUT2D eigenvalue weighted by atomic mass is 9.67. The molecule has 1 aromatic rings. The van der Waals surface area contributed by atoms with Crippen molar-refractivity contribution in [3.8, 4) is 0 Å². The molecular weight excluding hydrogens is 310 g/mol. The van der Waals surface area contributed by atoms with Crippen LogP contribution in [0.1, 0.15) is 80.8 Å². The molecule has 2 unspecified atom stereocenters. The summed E-state index contributed by atoms with van der Waals surface area (Å²) < 4.78 is 0. The van der Waals surface area contributed by atoms with Crippen LogP contribution in [-0.2, 0) is 12.8 Å². The number of fused-ring (bicyclic) bond motifs is 1. The van der Waals surface area contributed by atoms with Crippen molar-refractivity contribution in [3.63, 3.8) is 0 Å². The van der Waals surface area contributed by atoms with Crippen LogP contribution in [0.25, 0.3) is 0 Å². The van der Waals surface area contributed by atoms with E-state index < -0.39 is 5.60 Å². The SMILES string of the molecule is CC1(C)CCCC(C(C)(O)CNC(=O)c2ccc3c(c2)CCCC3)C1. The number of carbonyl (C=O) groups is 1. The molecule has 0 heterocycles. The first-order chi connectivity index (χ1) is 11.8. The highest BCUT2D eigenvalue weighted by molar-refractivity contribution is 5.94. The van der Waals surface area contributed by atoms with Gasteiger partial charge < -0.3 is 10.4 Å². The number of hydrogen-bond donors (Lipinski definition) is 2. The lowest BCUT2D eigenvalue weighted by molar-refractivity contribution is -0.0353. The van der Waals surface area contributed by atoms with Gasteiger partial charge in [0.15, 0.2) is 0 Å². The number of aliphatic hydroxyl groups is 1. The number of carbonyl (C=O) groups excluding carboxylic acids is 1. The van der Waals surface area contributed by atoms with Crippen LogP contribution in [0.15, 0.2) is 18.2 Å². The Balaban J connectivity index is 1.61. The first-order valence-electron chi connectivity index (χ1n) is 9.89. The lowest BCUT2D eigenvalue weighted by Gasteiger charge is -2.42. The third kappa shape index (κ3) is 4.44. The van der Waals surface area contributed by atoms with Gasteiger partial charge in [-0.05, 0) is 86.5 Å². The van der Waals surface area contributed by atoms with Crippen LogP contribution >= 0.6 is 0 Å². The summed E-state index contributed by atoms with van der Waals surface area (Å²) in [7, 11) is 0. The van der Waals surface area contributed by atoms with E-state index in [1.54, 1.807) is 0 Å². The predicted molar refractivity (Wildman–Crippen MR) is 102 cm³/mol. The molecule has 0 bridgehead atoms. The van der Waals surface area contributed by atoms with Gasteiger partial charge in [-0.1, -0.05) is 26.3 Å². The number of benzene rings is 1. The third-order valence-corrected chi connectivity index (χ3v) is 6.30. The molecule has 2 aliphatic rings. The molecule has 25 heavy (non-hydrogen) atoms. The summed E-state index contributed by atoms with van der Waals surface area (Å²) in [5.74, 6) is 0.184. The summed E-state index contributed by atoms with van der Waals surface area (Å²) in [6, 6.07) is 6.07. The topological polar surface area (TPSA) is 49.3 Å². The van der Waals surface area contributed by atoms with Crippen LogP contribution in [0, 0.1) is 11.3 Å². The fourth-order valence-electron chi connectivity index (χ4n) is 4.61. The second kappa shape index (κ2) is 7.11. The fraction of sp³-hybridized carbons (Fsp3) is 0.682. The largest absolute Gasteiger partial charge is 0.388 e. The van der Waals surface area contributed by atoms with Gasteiger partial charge in [-0.15, -0.1) is 0 Å². The van der Waals surface area contributed by atoms with Crippen molar-refractivity contribution < 1.29 is 9.90 Å². The second-order valence-corrected chi connectivity index (χ2v) is 9.19. The average molecular weight is 344 g/mol. The third-order valence-electron chi connectivity index (χ3n) is 6.30. The normalized spacial score (nSPS) is 24.9. The first-order valence-corrected chi connectivity index (χ1v) is 9.89. The zero-order valence-corrected chi connectivity index (χ0v) is 16.0. The van der Waals surface area contributed by atoms with Gasteiger partial charge >= 0.3 is 0 Å². The summed E-state index contributed by atoms with van der Waals surface area (Å²) in [6.45, 7) is 6.76. The molecule has 2 N–H and O–H groups in total. The van der Waals surface area contributed by atoms with Crippen LogP contribution in [-0.4, -0.2) is 23.2 Å². The Hall–Kier alpha value is -1.35. The van der Waals surface area contributed by atoms with Crippen molar-refractivity contribution >= 4 is 5.91 Å². The predicted octanol–water partition coefficient (Wildman–Crippen LogP) is 4.26. The summed E-state index contributed by atoms with van der Waals surface area (Å²) >= 11 is 0. The molecule has 138 valence electrons. The van der Waals surface area contributed by atoms with Gasteiger partial charge in [0.05, 0.1) is 5.60 Å². The minimum absolute atomic E-state index is 0.0660. The molecular formula is C22H33NO2. The van der Waals surface area contributed by atoms with Gasteiger partial charge in [0.1, 0.15) is 0 Å². The molecule has 0 radical (unpaired) electrons. The van der Waals surface area contributed by atoms with E-state index >= 15 is 0 Å². The van der Waals surface area contributed by atoms with Crippen molar-refractivity contribution in [1.29, 1.82) is 0 Å². The zero-order valence-electron chi connectivity index (χ0n) is 16.0. The Morgan fingerprint density at radius 2 is 1.96 bits per heavy atom. The van der Waals surface area contributed by atoms with Crippen LogP contribution in [0.5, 0.6) is 0 Å². The molecule has 1 aromatic carbocycles. The Kier molecular flexibility index (Phi) is 5.24. The van der Waals surface area contributed by atoms with Gasteiger partial charge in [0.25, 0.3) is 5.91 Å². The Morgan fingerprint density at radius 1 is 1.24 bits per heavy atom. The van der Waals surface area contributed by atoms with Crippen molar-refractivity contribution in [1.82, 2.24) is 5.32 Å². The molecule has 3 rings (SSSR count). The van der Waals surface area contributed by atoms with Crippen LogP contribution in [0.3, 0.4) is 0 Å². The minimum Gasteiger partial charge on any atom is -0.388 e. The quantitative estimate of drug-likeness (QED) is 0.858. The molecule has 3 heteroatoms. The van der Waals surface area contributed by atoms with Gasteiger partial charge in [-0.3, -0.25) is 4.79 Å². The maximum atomic E-state index is 12.6. The van der Waals surface area contributed by atoms with Gasteiger partial charge in [-0.2, -0.15) is 0 Å². The molecule has 2 atom stereocenters. The molecule has 1 amide bonds. The Labute approximate surface area is 152 Å². The fourth-order valence-corrected chi connectivity index (χ4v) is 4.61. The maximum absolute atomic E-state index is 12.6. The summed E-state index contributed by atoms with van der Waals surface area (Å²) in [5, 5.41) is 13.9. The van der Waals surface area contributed by atoms with Crippen molar-refractivity contribution in [2.45, 2.75) is 77.7 Å². The van der Waals surface area contributed by atoms with E-state index in [2.05, 4.69) is 25.2 Å². The molecule has 2 aliphatic carbocycles. The Bertz CT molecular complexity index is 633. The van der Waals surface area contributed by atoms with Crippen LogP contribution < -0.4 is 5.32 Å². The highest BCUT2D eigenvalue weighted by Crippen LogP contribution is 2.42. The van der Waals surface area contributed by atoms with E-state index in [1.165, 1.54) is 30.4 Å². The molecule has 1 saturated carbocycles. The second-order valence-electron chi connectivity index (χ2n) is 9.19. The molecule has 0 spiro atoms. The van der Waals surface area contributed by atoms with E-state index in [1.807, 2.05) is 19.1 Å². The van der Waals surface area contributed by atoms with E-state index in [0.29, 0.717) is 6.54 Å². The van der Waals surface area contributed by atoms with Gasteiger partial charge in [0, 0.05) is 12.1 Å². The summed E-state index contributed by atoms with van der Waals surface area (Å²) in [5.41, 5.74) is 2.87. The molecule has 3 nitrogen and oxygen atoms in total. The number of aryl methyl sites for hydroxylation is 2. The smallest absolute Gasteiger partial charge is 0.251 e. The van der Waals surface area contributed by atoms with E-state index in [4.69, 9.17) is 0 Å². The number of rotatable bonds is 4. The zero-order chi connectivity index (χ0) is 18.1. The van der Waals surface area contributed by atoms with Crippen LogP contribution in [0.2, 0.25) is 0 Å². The van der Waals surface area contributed by atoms with E-state index in [0.717, 1.165) is 37.7 Å². The molecule has 0 saturated heterocycles. The summed E-state index contributed by atoms with van der Waals surface area (Å²) in [6.07, 6.45) is 9.12. The highest BCUT2D eigenvalue weighted by Gasteiger charge is 2.38. The molecule has 0 aliphatic heterocycles. The minimum atomic E-state index is -0.846. The van der Waals surface area contributed by atoms with Crippen molar-refractivity contribution in [2.24, 2.45) is 11.3 Å². The standard InChI is InChI=1S/C22H33NO2/c1-21(2)12-6-9-19(14-21)22(3,25)15-23-20(24)18-11-10-16-7-4-5-8-17(16)13-18/h10-11,13,19,25H,4-9,12,14-15H2,1-3H3,(H,23,24). The Morgan fingerprint density at radius 3 is 2.68 bits per heavy atom. The van der Waals surface area contributed by atoms with Gasteiger partial charge in [-0.25, -0.2) is 0 Å². The van der Waals surface area contributed by atoms with Crippen molar-refractivity contribution in [3.05, 3.63) is 34.9 Å². The maximum Gasteiger partial charge on any atom is 0.251 e. The van der Waals surface area contributed by atoms with E-state index in [9.17, 15) is 9.90 Å². The average Bonchev–Trinajstić information content (AvgIpc) is 2.58. The lowest BCUT2D eigenvalue weighted by Crippen LogP contribution is -2.48. The number of nitrogens with one attached hydrogen (secondary N) is 1. The first kappa shape index (κ1) is 18.4.